The summed E-state index contributed by atoms with van der Waals surface area (Å²) >= 11 is 0. The molecule has 1 atom stereocenters. The summed E-state index contributed by atoms with van der Waals surface area (Å²) in [7, 11) is -1.95. The van der Waals surface area contributed by atoms with E-state index in [-0.39, 0.29) is 23.5 Å². The lowest BCUT2D eigenvalue weighted by molar-refractivity contribution is -0.123. The van der Waals surface area contributed by atoms with Crippen LogP contribution in [-0.2, 0) is 14.8 Å². The van der Waals surface area contributed by atoms with Crippen molar-refractivity contribution < 1.29 is 22.7 Å². The molecule has 29 heavy (non-hydrogen) atoms. The molecule has 0 radical (unpaired) electrons. The van der Waals surface area contributed by atoms with Gasteiger partial charge in [0.15, 0.2) is 6.61 Å². The average molecular weight is 421 g/mol. The van der Waals surface area contributed by atoms with Gasteiger partial charge >= 0.3 is 0 Å². The molecule has 158 valence electrons. The highest BCUT2D eigenvalue weighted by Crippen LogP contribution is 2.24. The van der Waals surface area contributed by atoms with Gasteiger partial charge in [0.05, 0.1) is 18.0 Å². The molecule has 2 N–H and O–H groups in total. The highest BCUT2D eigenvalue weighted by molar-refractivity contribution is 7.89. The minimum absolute atomic E-state index is 0.162. The van der Waals surface area contributed by atoms with Gasteiger partial charge in [-0.15, -0.1) is 0 Å². The number of methoxy groups -OCH3 is 1. The van der Waals surface area contributed by atoms with Gasteiger partial charge in [-0.05, 0) is 43.7 Å². The van der Waals surface area contributed by atoms with Crippen molar-refractivity contribution in [1.29, 1.82) is 0 Å². The lowest BCUT2D eigenvalue weighted by Gasteiger charge is -2.17. The minimum Gasteiger partial charge on any atom is -0.496 e. The maximum Gasteiger partial charge on any atom is 0.258 e. The van der Waals surface area contributed by atoms with Gasteiger partial charge in [-0.2, -0.15) is 0 Å². The van der Waals surface area contributed by atoms with Crippen LogP contribution in [0.2, 0.25) is 0 Å². The van der Waals surface area contributed by atoms with E-state index in [0.717, 1.165) is 18.4 Å². The van der Waals surface area contributed by atoms with Crippen LogP contribution >= 0.6 is 0 Å². The van der Waals surface area contributed by atoms with Crippen LogP contribution in [0.1, 0.15) is 38.3 Å². The predicted molar refractivity (Wildman–Crippen MR) is 112 cm³/mol. The number of amides is 1. The van der Waals surface area contributed by atoms with Crippen molar-refractivity contribution in [2.75, 3.05) is 20.3 Å². The molecule has 2 aromatic carbocycles. The molecule has 0 saturated heterocycles. The molecule has 1 amide bonds. The Labute approximate surface area is 172 Å². The topological polar surface area (TPSA) is 93.7 Å². The molecule has 0 spiro atoms. The van der Waals surface area contributed by atoms with Crippen molar-refractivity contribution in [3.63, 3.8) is 0 Å². The molecule has 0 unspecified atom stereocenters. The third kappa shape index (κ3) is 6.76. The third-order valence-electron chi connectivity index (χ3n) is 4.31. The molecule has 8 heteroatoms. The monoisotopic (exact) mass is 420 g/mol. The van der Waals surface area contributed by atoms with Gasteiger partial charge in [0.1, 0.15) is 11.5 Å². The molecule has 0 heterocycles. The van der Waals surface area contributed by atoms with Gasteiger partial charge in [-0.25, -0.2) is 13.1 Å². The number of hydrogen-bond acceptors (Lipinski definition) is 5. The van der Waals surface area contributed by atoms with Crippen molar-refractivity contribution in [3.8, 4) is 11.5 Å². The molecule has 2 rings (SSSR count). The SMILES string of the molecule is CCCCNS(=O)(=O)c1ccc(OCC(=O)N[C@@H](C)c2ccccc2OC)cc1. The van der Waals surface area contributed by atoms with E-state index >= 15 is 0 Å². The largest absolute Gasteiger partial charge is 0.496 e. The number of sulfonamides is 1. The minimum atomic E-state index is -3.53. The second kappa shape index (κ2) is 10.8. The Morgan fingerprint density at radius 2 is 1.79 bits per heavy atom. The van der Waals surface area contributed by atoms with Crippen molar-refractivity contribution in [2.24, 2.45) is 0 Å². The van der Waals surface area contributed by atoms with Crippen LogP contribution in [0.25, 0.3) is 0 Å². The number of ether oxygens (including phenoxy) is 2. The zero-order valence-electron chi connectivity index (χ0n) is 17.0. The second-order valence-corrected chi connectivity index (χ2v) is 8.31. The average Bonchev–Trinajstić information content (AvgIpc) is 2.72. The van der Waals surface area contributed by atoms with E-state index in [2.05, 4.69) is 10.0 Å². The standard InChI is InChI=1S/C21H28N2O5S/c1-4-5-14-22-29(25,26)18-12-10-17(11-13-18)28-15-21(24)23-16(2)19-8-6-7-9-20(19)27-3/h6-13,16,22H,4-5,14-15H2,1-3H3,(H,23,24)/t16-/m0/s1. The van der Waals surface area contributed by atoms with Crippen LogP contribution in [0.3, 0.4) is 0 Å². The van der Waals surface area contributed by atoms with Gasteiger partial charge in [0.2, 0.25) is 10.0 Å². The first-order valence-electron chi connectivity index (χ1n) is 9.52. The van der Waals surface area contributed by atoms with Crippen molar-refractivity contribution in [3.05, 3.63) is 54.1 Å². The second-order valence-electron chi connectivity index (χ2n) is 6.54. The smallest absolute Gasteiger partial charge is 0.258 e. The fraction of sp³-hybridized carbons (Fsp3) is 0.381. The maximum atomic E-state index is 12.2. The number of unbranched alkanes of at least 4 members (excludes halogenated alkanes) is 1. The van der Waals surface area contributed by atoms with E-state index in [0.29, 0.717) is 18.0 Å². The number of hydrogen-bond donors (Lipinski definition) is 2. The first kappa shape index (κ1) is 22.7. The normalized spacial score (nSPS) is 12.2. The van der Waals surface area contributed by atoms with E-state index in [4.69, 9.17) is 9.47 Å². The van der Waals surface area contributed by atoms with E-state index in [1.165, 1.54) is 24.3 Å². The molecular weight excluding hydrogens is 392 g/mol. The number of carbonyl (C=O) groups is 1. The van der Waals surface area contributed by atoms with Crippen molar-refractivity contribution >= 4 is 15.9 Å². The first-order valence-corrected chi connectivity index (χ1v) is 11.0. The van der Waals surface area contributed by atoms with Crippen LogP contribution in [0.5, 0.6) is 11.5 Å². The van der Waals surface area contributed by atoms with Gasteiger partial charge < -0.3 is 14.8 Å². The first-order chi connectivity index (χ1) is 13.9. The number of benzene rings is 2. The summed E-state index contributed by atoms with van der Waals surface area (Å²) in [5.74, 6) is 0.824. The summed E-state index contributed by atoms with van der Waals surface area (Å²) < 4.78 is 37.7. The van der Waals surface area contributed by atoms with Gasteiger partial charge in [0.25, 0.3) is 5.91 Å². The molecule has 0 aliphatic carbocycles. The van der Waals surface area contributed by atoms with Gasteiger partial charge in [0, 0.05) is 12.1 Å². The third-order valence-corrected chi connectivity index (χ3v) is 5.79. The van der Waals surface area contributed by atoms with E-state index < -0.39 is 10.0 Å². The molecule has 0 aromatic heterocycles. The summed E-state index contributed by atoms with van der Waals surface area (Å²) in [4.78, 5) is 12.4. The fourth-order valence-corrected chi connectivity index (χ4v) is 3.79. The van der Waals surface area contributed by atoms with Gasteiger partial charge in [-0.3, -0.25) is 4.79 Å². The lowest BCUT2D eigenvalue weighted by Crippen LogP contribution is -2.31. The molecule has 0 saturated carbocycles. The molecule has 0 aliphatic heterocycles. The highest BCUT2D eigenvalue weighted by Gasteiger charge is 2.15. The quantitative estimate of drug-likeness (QED) is 0.545. The molecule has 2 aromatic rings. The van der Waals surface area contributed by atoms with Gasteiger partial charge in [-0.1, -0.05) is 31.5 Å². The summed E-state index contributed by atoms with van der Waals surface area (Å²) in [6.07, 6.45) is 1.69. The Balaban J connectivity index is 1.88. The number of rotatable bonds is 11. The van der Waals surface area contributed by atoms with E-state index in [1.807, 2.05) is 38.1 Å². The van der Waals surface area contributed by atoms with Crippen molar-refractivity contribution in [2.45, 2.75) is 37.6 Å². The summed E-state index contributed by atoms with van der Waals surface area (Å²) in [5.41, 5.74) is 0.869. The number of nitrogens with one attached hydrogen (secondary N) is 2. The van der Waals surface area contributed by atoms with Crippen LogP contribution < -0.4 is 19.5 Å². The summed E-state index contributed by atoms with van der Waals surface area (Å²) in [6.45, 7) is 4.08. The highest BCUT2D eigenvalue weighted by atomic mass is 32.2. The molecule has 0 fully saturated rings. The number of carbonyl (C=O) groups excluding carboxylic acids is 1. The Morgan fingerprint density at radius 3 is 2.45 bits per heavy atom. The van der Waals surface area contributed by atoms with Crippen LogP contribution in [-0.4, -0.2) is 34.6 Å². The van der Waals surface area contributed by atoms with Crippen LogP contribution in [0.15, 0.2) is 53.4 Å². The Kier molecular flexibility index (Phi) is 8.48. The molecule has 0 aliphatic rings. The molecule has 0 bridgehead atoms. The Bertz CT molecular complexity index is 898. The Hall–Kier alpha value is -2.58. The lowest BCUT2D eigenvalue weighted by atomic mass is 10.1. The summed E-state index contributed by atoms with van der Waals surface area (Å²) in [5, 5.41) is 2.86. The maximum absolute atomic E-state index is 12.2. The van der Waals surface area contributed by atoms with Crippen molar-refractivity contribution in [1.82, 2.24) is 10.0 Å². The van der Waals surface area contributed by atoms with E-state index in [9.17, 15) is 13.2 Å². The predicted octanol–water partition coefficient (Wildman–Crippen LogP) is 3.03. The zero-order valence-corrected chi connectivity index (χ0v) is 17.8. The van der Waals surface area contributed by atoms with E-state index in [1.54, 1.807) is 7.11 Å². The number of para-hydroxylation sites is 1. The Morgan fingerprint density at radius 1 is 1.10 bits per heavy atom. The van der Waals surface area contributed by atoms with Crippen LogP contribution in [0.4, 0.5) is 0 Å². The fourth-order valence-electron chi connectivity index (χ4n) is 2.72. The summed E-state index contributed by atoms with van der Waals surface area (Å²) in [6, 6.07) is 13.2. The zero-order chi connectivity index (χ0) is 21.3. The molecular formula is C21H28N2O5S. The van der Waals surface area contributed by atoms with Crippen LogP contribution in [0, 0.1) is 0 Å². The molecule has 7 nitrogen and oxygen atoms in total.